The summed E-state index contributed by atoms with van der Waals surface area (Å²) in [6.45, 7) is 0. The maximum Gasteiger partial charge on any atom is 0.159 e. The number of para-hydroxylation sites is 2. The number of furan rings is 1. The standard InChI is InChI=1S/C53H34N2O/c1-2-12-35(13-3-1)40-32-39-15-5-7-18-45(39)48(33-40)38-26-30-42(31-27-38)55(41-28-24-37(25-29-41)44-20-10-16-36-14-4-6-17-43(36)44)51-23-11-21-46-49-34-54-50-22-9-8-19-47(50)52(49)56-53(46)51/h1-34H. The third-order valence-corrected chi connectivity index (χ3v) is 11.1. The first kappa shape index (κ1) is 32.0. The summed E-state index contributed by atoms with van der Waals surface area (Å²) in [4.78, 5) is 7.11. The van der Waals surface area contributed by atoms with Crippen molar-refractivity contribution in [3.8, 4) is 33.4 Å². The summed E-state index contributed by atoms with van der Waals surface area (Å²) in [5.74, 6) is 0. The van der Waals surface area contributed by atoms with E-state index in [1.54, 1.807) is 0 Å². The van der Waals surface area contributed by atoms with Crippen LogP contribution in [-0.2, 0) is 0 Å². The summed E-state index contributed by atoms with van der Waals surface area (Å²) in [6, 6.07) is 71.5. The van der Waals surface area contributed by atoms with E-state index in [1.807, 2.05) is 24.4 Å². The zero-order chi connectivity index (χ0) is 37.0. The van der Waals surface area contributed by atoms with Crippen molar-refractivity contribution in [3.63, 3.8) is 0 Å². The van der Waals surface area contributed by atoms with Crippen molar-refractivity contribution in [3.05, 3.63) is 206 Å². The summed E-state index contributed by atoms with van der Waals surface area (Å²) in [5.41, 5.74) is 12.8. The fraction of sp³-hybridized carbons (Fsp3) is 0. The molecule has 0 amide bonds. The lowest BCUT2D eigenvalue weighted by molar-refractivity contribution is 0.672. The molecule has 0 bridgehead atoms. The fourth-order valence-corrected chi connectivity index (χ4v) is 8.37. The SMILES string of the molecule is c1ccc(-c2cc(-c3ccc(N(c4ccc(-c5cccc6ccccc56)cc4)c4cccc5c4oc4c6ccccc6ncc54)cc3)c3ccccc3c2)cc1. The zero-order valence-corrected chi connectivity index (χ0v) is 30.4. The van der Waals surface area contributed by atoms with Crippen LogP contribution in [0, 0.1) is 0 Å². The first-order valence-electron chi connectivity index (χ1n) is 19.0. The smallest absolute Gasteiger partial charge is 0.159 e. The molecule has 11 rings (SSSR count). The molecule has 0 spiro atoms. The lowest BCUT2D eigenvalue weighted by Crippen LogP contribution is -2.10. The topological polar surface area (TPSA) is 29.3 Å². The van der Waals surface area contributed by atoms with Gasteiger partial charge in [0.2, 0.25) is 0 Å². The van der Waals surface area contributed by atoms with E-state index >= 15 is 0 Å². The van der Waals surface area contributed by atoms with Crippen LogP contribution >= 0.6 is 0 Å². The number of benzene rings is 9. The molecule has 0 saturated heterocycles. The Bertz CT molecular complexity index is 3230. The number of nitrogens with zero attached hydrogens (tertiary/aromatic N) is 2. The molecule has 0 unspecified atom stereocenters. The average Bonchev–Trinajstić information content (AvgIpc) is 3.67. The average molecular weight is 715 g/mol. The second-order valence-corrected chi connectivity index (χ2v) is 14.3. The van der Waals surface area contributed by atoms with Crippen LogP contribution in [0.1, 0.15) is 0 Å². The summed E-state index contributed by atoms with van der Waals surface area (Å²) >= 11 is 0. The Hall–Kier alpha value is -7.49. The van der Waals surface area contributed by atoms with Gasteiger partial charge in [0.25, 0.3) is 0 Å². The van der Waals surface area contributed by atoms with Gasteiger partial charge in [0.15, 0.2) is 5.58 Å². The van der Waals surface area contributed by atoms with Crippen molar-refractivity contribution in [2.45, 2.75) is 0 Å². The van der Waals surface area contributed by atoms with Gasteiger partial charge in [0.05, 0.1) is 11.2 Å². The zero-order valence-electron chi connectivity index (χ0n) is 30.4. The van der Waals surface area contributed by atoms with E-state index < -0.39 is 0 Å². The van der Waals surface area contributed by atoms with Gasteiger partial charge in [-0.15, -0.1) is 0 Å². The van der Waals surface area contributed by atoms with Gasteiger partial charge in [0.1, 0.15) is 5.58 Å². The molecule has 11 aromatic rings. The Morgan fingerprint density at radius 1 is 0.357 bits per heavy atom. The van der Waals surface area contributed by atoms with E-state index in [0.717, 1.165) is 55.5 Å². The molecule has 262 valence electrons. The van der Waals surface area contributed by atoms with Gasteiger partial charge in [-0.2, -0.15) is 0 Å². The van der Waals surface area contributed by atoms with Gasteiger partial charge in [-0.3, -0.25) is 4.98 Å². The maximum atomic E-state index is 6.88. The molecule has 0 aliphatic rings. The number of pyridine rings is 1. The molecule has 0 fully saturated rings. The lowest BCUT2D eigenvalue weighted by atomic mass is 9.93. The summed E-state index contributed by atoms with van der Waals surface area (Å²) in [7, 11) is 0. The van der Waals surface area contributed by atoms with E-state index in [0.29, 0.717) is 0 Å². The van der Waals surface area contributed by atoms with E-state index in [-0.39, 0.29) is 0 Å². The molecule has 3 heteroatoms. The maximum absolute atomic E-state index is 6.88. The summed E-state index contributed by atoms with van der Waals surface area (Å²) < 4.78 is 6.88. The van der Waals surface area contributed by atoms with Gasteiger partial charge in [0, 0.05) is 33.7 Å². The van der Waals surface area contributed by atoms with E-state index in [2.05, 4.69) is 187 Å². The molecule has 2 aromatic heterocycles. The molecular weight excluding hydrogens is 681 g/mol. The molecule has 56 heavy (non-hydrogen) atoms. The van der Waals surface area contributed by atoms with Gasteiger partial charge in [-0.05, 0) is 110 Å². The van der Waals surface area contributed by atoms with Crippen LogP contribution in [0.4, 0.5) is 17.1 Å². The first-order valence-corrected chi connectivity index (χ1v) is 19.0. The van der Waals surface area contributed by atoms with Gasteiger partial charge in [-0.1, -0.05) is 146 Å². The van der Waals surface area contributed by atoms with Crippen molar-refractivity contribution in [1.82, 2.24) is 4.98 Å². The third-order valence-electron chi connectivity index (χ3n) is 11.1. The highest BCUT2D eigenvalue weighted by molar-refractivity contribution is 6.16. The van der Waals surface area contributed by atoms with Crippen molar-refractivity contribution in [2.24, 2.45) is 0 Å². The molecule has 0 aliphatic heterocycles. The molecule has 0 aliphatic carbocycles. The van der Waals surface area contributed by atoms with Crippen molar-refractivity contribution in [2.75, 3.05) is 4.90 Å². The molecule has 0 N–H and O–H groups in total. The minimum Gasteiger partial charge on any atom is -0.453 e. The second kappa shape index (κ2) is 13.1. The van der Waals surface area contributed by atoms with Crippen molar-refractivity contribution in [1.29, 1.82) is 0 Å². The summed E-state index contributed by atoms with van der Waals surface area (Å²) in [6.07, 6.45) is 1.94. The highest BCUT2D eigenvalue weighted by Gasteiger charge is 2.21. The highest BCUT2D eigenvalue weighted by atomic mass is 16.3. The van der Waals surface area contributed by atoms with Crippen molar-refractivity contribution < 1.29 is 4.42 Å². The minimum absolute atomic E-state index is 0.824. The van der Waals surface area contributed by atoms with E-state index in [4.69, 9.17) is 9.40 Å². The first-order chi connectivity index (χ1) is 27.8. The number of hydrogen-bond donors (Lipinski definition) is 0. The Balaban J connectivity index is 1.08. The Morgan fingerprint density at radius 2 is 0.946 bits per heavy atom. The Morgan fingerprint density at radius 3 is 1.71 bits per heavy atom. The molecule has 0 saturated carbocycles. The van der Waals surface area contributed by atoms with Crippen molar-refractivity contribution >= 4 is 71.4 Å². The molecule has 9 aromatic carbocycles. The third kappa shape index (κ3) is 5.32. The number of fused-ring (bicyclic) bond motifs is 7. The molecular formula is C53H34N2O. The minimum atomic E-state index is 0.824. The molecule has 0 atom stereocenters. The van der Waals surface area contributed by atoms with Crippen LogP contribution in [0.5, 0.6) is 0 Å². The number of anilines is 3. The number of aromatic nitrogens is 1. The predicted molar refractivity (Wildman–Crippen MR) is 235 cm³/mol. The van der Waals surface area contributed by atoms with Gasteiger partial charge < -0.3 is 9.32 Å². The molecule has 0 radical (unpaired) electrons. The van der Waals surface area contributed by atoms with Crippen LogP contribution < -0.4 is 4.90 Å². The van der Waals surface area contributed by atoms with Crippen LogP contribution in [0.3, 0.4) is 0 Å². The monoisotopic (exact) mass is 714 g/mol. The van der Waals surface area contributed by atoms with Gasteiger partial charge in [-0.25, -0.2) is 0 Å². The van der Waals surface area contributed by atoms with E-state index in [9.17, 15) is 0 Å². The quantitative estimate of drug-likeness (QED) is 0.172. The Kier molecular flexibility index (Phi) is 7.49. The normalized spacial score (nSPS) is 11.6. The van der Waals surface area contributed by atoms with Crippen LogP contribution in [-0.4, -0.2) is 4.98 Å². The van der Waals surface area contributed by atoms with E-state index in [1.165, 1.54) is 49.4 Å². The van der Waals surface area contributed by atoms with Crippen LogP contribution in [0.25, 0.3) is 87.8 Å². The van der Waals surface area contributed by atoms with Crippen LogP contribution in [0.15, 0.2) is 211 Å². The van der Waals surface area contributed by atoms with Crippen LogP contribution in [0.2, 0.25) is 0 Å². The predicted octanol–water partition coefficient (Wildman–Crippen LogP) is 14.9. The largest absolute Gasteiger partial charge is 0.453 e. The second-order valence-electron chi connectivity index (χ2n) is 14.3. The van der Waals surface area contributed by atoms with Gasteiger partial charge >= 0.3 is 0 Å². The lowest BCUT2D eigenvalue weighted by Gasteiger charge is -2.26. The number of hydrogen-bond acceptors (Lipinski definition) is 3. The highest BCUT2D eigenvalue weighted by Crippen LogP contribution is 2.44. The molecule has 2 heterocycles. The number of rotatable bonds is 6. The Labute approximate surface area is 324 Å². The fourth-order valence-electron chi connectivity index (χ4n) is 8.37. The summed E-state index contributed by atoms with van der Waals surface area (Å²) in [5, 5.41) is 7.98. The molecule has 3 nitrogen and oxygen atoms in total.